The first-order chi connectivity index (χ1) is 9.99. The van der Waals surface area contributed by atoms with E-state index < -0.39 is 23.1 Å². The summed E-state index contributed by atoms with van der Waals surface area (Å²) in [5, 5.41) is 5.42. The monoisotopic (exact) mass is 297 g/mol. The van der Waals surface area contributed by atoms with Crippen molar-refractivity contribution >= 4 is 23.3 Å². The number of aromatic nitrogens is 2. The van der Waals surface area contributed by atoms with Crippen LogP contribution in [0.5, 0.6) is 0 Å². The van der Waals surface area contributed by atoms with Crippen LogP contribution in [0.1, 0.15) is 13.3 Å². The second kappa shape index (κ2) is 6.29. The highest BCUT2D eigenvalue weighted by Gasteiger charge is 2.13. The smallest absolute Gasteiger partial charge is 0.223 e. The Balaban J connectivity index is 2.29. The average molecular weight is 297 g/mol. The molecule has 2 aromatic rings. The first-order valence-electron chi connectivity index (χ1n) is 6.29. The molecule has 0 bridgehead atoms. The zero-order chi connectivity index (χ0) is 15.4. The summed E-state index contributed by atoms with van der Waals surface area (Å²) in [5.41, 5.74) is 5.03. The first kappa shape index (κ1) is 14.9. The molecular weight excluding hydrogens is 283 g/mol. The summed E-state index contributed by atoms with van der Waals surface area (Å²) in [6, 6.07) is 2.60. The number of nitrogens with zero attached hydrogens (tertiary/aromatic N) is 2. The standard InChI is InChI=1S/C13H14F3N5/c1-2-3-18-10-6-11(21-13(17)20-10)19-12-8(15)4-7(14)5-9(12)16/h4-6H,2-3H2,1H3,(H4,17,18,19,20,21). The highest BCUT2D eigenvalue weighted by Crippen LogP contribution is 2.24. The normalized spacial score (nSPS) is 10.5. The Morgan fingerprint density at radius 3 is 2.29 bits per heavy atom. The summed E-state index contributed by atoms with van der Waals surface area (Å²) in [7, 11) is 0. The summed E-state index contributed by atoms with van der Waals surface area (Å²) in [4.78, 5) is 7.77. The summed E-state index contributed by atoms with van der Waals surface area (Å²) < 4.78 is 40.0. The van der Waals surface area contributed by atoms with Crippen LogP contribution in [-0.4, -0.2) is 16.5 Å². The molecule has 0 saturated heterocycles. The lowest BCUT2D eigenvalue weighted by Gasteiger charge is -2.11. The van der Waals surface area contributed by atoms with Gasteiger partial charge in [-0.1, -0.05) is 6.92 Å². The number of halogens is 3. The highest BCUT2D eigenvalue weighted by molar-refractivity contribution is 5.61. The summed E-state index contributed by atoms with van der Waals surface area (Å²) >= 11 is 0. The SMILES string of the molecule is CCCNc1cc(Nc2c(F)cc(F)cc2F)nc(N)n1. The van der Waals surface area contributed by atoms with Gasteiger partial charge < -0.3 is 16.4 Å². The van der Waals surface area contributed by atoms with Crippen molar-refractivity contribution in [2.24, 2.45) is 0 Å². The molecule has 0 aliphatic heterocycles. The number of hydrogen-bond donors (Lipinski definition) is 3. The summed E-state index contributed by atoms with van der Waals surface area (Å²) in [6.07, 6.45) is 0.869. The topological polar surface area (TPSA) is 75.9 Å². The van der Waals surface area contributed by atoms with E-state index in [0.29, 0.717) is 24.5 Å². The van der Waals surface area contributed by atoms with Gasteiger partial charge in [-0.05, 0) is 6.42 Å². The molecule has 1 heterocycles. The number of benzene rings is 1. The third-order valence-corrected chi connectivity index (χ3v) is 2.56. The van der Waals surface area contributed by atoms with Gasteiger partial charge >= 0.3 is 0 Å². The fraction of sp³-hybridized carbons (Fsp3) is 0.231. The maximum Gasteiger partial charge on any atom is 0.223 e. The Kier molecular flexibility index (Phi) is 4.46. The zero-order valence-electron chi connectivity index (χ0n) is 11.3. The molecule has 0 atom stereocenters. The van der Waals surface area contributed by atoms with Crippen LogP contribution in [-0.2, 0) is 0 Å². The van der Waals surface area contributed by atoms with E-state index in [9.17, 15) is 13.2 Å². The highest BCUT2D eigenvalue weighted by atomic mass is 19.1. The van der Waals surface area contributed by atoms with E-state index in [4.69, 9.17) is 5.73 Å². The Bertz CT molecular complexity index is 625. The van der Waals surface area contributed by atoms with Gasteiger partial charge in [-0.15, -0.1) is 0 Å². The van der Waals surface area contributed by atoms with Gasteiger partial charge in [0, 0.05) is 24.7 Å². The molecule has 5 nitrogen and oxygen atoms in total. The molecule has 1 aromatic carbocycles. The Labute approximate surface area is 119 Å². The quantitative estimate of drug-likeness (QED) is 0.791. The molecule has 0 aliphatic carbocycles. The van der Waals surface area contributed by atoms with Crippen molar-refractivity contribution in [2.75, 3.05) is 22.9 Å². The van der Waals surface area contributed by atoms with E-state index in [1.54, 1.807) is 0 Å². The van der Waals surface area contributed by atoms with Gasteiger partial charge in [-0.2, -0.15) is 9.97 Å². The van der Waals surface area contributed by atoms with Crippen molar-refractivity contribution in [1.29, 1.82) is 0 Å². The van der Waals surface area contributed by atoms with Gasteiger partial charge in [0.05, 0.1) is 0 Å². The fourth-order valence-electron chi connectivity index (χ4n) is 1.66. The second-order valence-corrected chi connectivity index (χ2v) is 4.29. The van der Waals surface area contributed by atoms with Crippen molar-refractivity contribution in [3.63, 3.8) is 0 Å². The Hall–Kier alpha value is -2.51. The molecule has 1 aromatic heterocycles. The van der Waals surface area contributed by atoms with E-state index in [-0.39, 0.29) is 11.8 Å². The Morgan fingerprint density at radius 1 is 1.05 bits per heavy atom. The molecule has 0 radical (unpaired) electrons. The lowest BCUT2D eigenvalue weighted by molar-refractivity contribution is 0.549. The molecule has 4 N–H and O–H groups in total. The zero-order valence-corrected chi connectivity index (χ0v) is 11.3. The van der Waals surface area contributed by atoms with E-state index in [0.717, 1.165) is 6.42 Å². The minimum Gasteiger partial charge on any atom is -0.370 e. The van der Waals surface area contributed by atoms with Gasteiger partial charge in [0.15, 0.2) is 11.6 Å². The van der Waals surface area contributed by atoms with Crippen LogP contribution in [0.25, 0.3) is 0 Å². The minimum absolute atomic E-state index is 0.0541. The second-order valence-electron chi connectivity index (χ2n) is 4.29. The summed E-state index contributed by atoms with van der Waals surface area (Å²) in [5.74, 6) is -2.65. The van der Waals surface area contributed by atoms with Gasteiger partial charge in [0.25, 0.3) is 0 Å². The third kappa shape index (κ3) is 3.74. The van der Waals surface area contributed by atoms with Gasteiger partial charge in [-0.3, -0.25) is 0 Å². The largest absolute Gasteiger partial charge is 0.370 e. The third-order valence-electron chi connectivity index (χ3n) is 2.56. The molecule has 0 saturated carbocycles. The van der Waals surface area contributed by atoms with Crippen molar-refractivity contribution in [2.45, 2.75) is 13.3 Å². The van der Waals surface area contributed by atoms with Crippen LogP contribution in [0.15, 0.2) is 18.2 Å². The number of rotatable bonds is 5. The molecule has 0 amide bonds. The lowest BCUT2D eigenvalue weighted by atomic mass is 10.2. The number of nitrogen functional groups attached to an aromatic ring is 1. The van der Waals surface area contributed by atoms with Crippen LogP contribution in [0.2, 0.25) is 0 Å². The van der Waals surface area contributed by atoms with E-state index >= 15 is 0 Å². The molecule has 0 unspecified atom stereocenters. The molecule has 0 spiro atoms. The van der Waals surface area contributed by atoms with Gasteiger partial charge in [0.1, 0.15) is 23.1 Å². The van der Waals surface area contributed by atoms with Crippen molar-refractivity contribution in [1.82, 2.24) is 9.97 Å². The fourth-order valence-corrected chi connectivity index (χ4v) is 1.66. The predicted molar refractivity (Wildman–Crippen MR) is 74.8 cm³/mol. The predicted octanol–water partition coefficient (Wildman–Crippen LogP) is 3.04. The molecule has 0 fully saturated rings. The number of nitrogens with one attached hydrogen (secondary N) is 2. The average Bonchev–Trinajstić information content (AvgIpc) is 2.40. The van der Waals surface area contributed by atoms with Gasteiger partial charge in [-0.25, -0.2) is 13.2 Å². The van der Waals surface area contributed by atoms with Crippen molar-refractivity contribution in [3.05, 3.63) is 35.7 Å². The molecule has 21 heavy (non-hydrogen) atoms. The Morgan fingerprint density at radius 2 is 1.67 bits per heavy atom. The molecule has 8 heteroatoms. The molecule has 112 valence electrons. The summed E-state index contributed by atoms with van der Waals surface area (Å²) in [6.45, 7) is 2.63. The van der Waals surface area contributed by atoms with Crippen LogP contribution in [0.4, 0.5) is 36.4 Å². The first-order valence-corrected chi connectivity index (χ1v) is 6.29. The minimum atomic E-state index is -1.06. The number of anilines is 4. The maximum atomic E-state index is 13.6. The van der Waals surface area contributed by atoms with E-state index in [2.05, 4.69) is 20.6 Å². The number of hydrogen-bond acceptors (Lipinski definition) is 5. The van der Waals surface area contributed by atoms with Crippen LogP contribution >= 0.6 is 0 Å². The molecular formula is C13H14F3N5. The van der Waals surface area contributed by atoms with E-state index in [1.165, 1.54) is 6.07 Å². The molecule has 0 aliphatic rings. The van der Waals surface area contributed by atoms with Crippen molar-refractivity contribution in [3.8, 4) is 0 Å². The lowest BCUT2D eigenvalue weighted by Crippen LogP contribution is -2.08. The van der Waals surface area contributed by atoms with Crippen LogP contribution < -0.4 is 16.4 Å². The van der Waals surface area contributed by atoms with Crippen LogP contribution in [0, 0.1) is 17.5 Å². The number of nitrogens with two attached hydrogens (primary N) is 1. The van der Waals surface area contributed by atoms with E-state index in [1.807, 2.05) is 6.92 Å². The van der Waals surface area contributed by atoms with Crippen molar-refractivity contribution < 1.29 is 13.2 Å². The van der Waals surface area contributed by atoms with Gasteiger partial charge in [0.2, 0.25) is 5.95 Å². The maximum absolute atomic E-state index is 13.6. The van der Waals surface area contributed by atoms with Crippen LogP contribution in [0.3, 0.4) is 0 Å². The molecule has 2 rings (SSSR count).